The van der Waals surface area contributed by atoms with E-state index in [0.717, 1.165) is 18.4 Å². The largest absolute Gasteiger partial charge is 0.378 e. The Hall–Kier alpha value is -0.0800. The third-order valence-electron chi connectivity index (χ3n) is 5.22. The van der Waals surface area contributed by atoms with Gasteiger partial charge in [-0.15, -0.1) is 0 Å². The van der Waals surface area contributed by atoms with Gasteiger partial charge in [-0.1, -0.05) is 46.5 Å². The predicted octanol–water partition coefficient (Wildman–Crippen LogP) is 5.12. The van der Waals surface area contributed by atoms with Gasteiger partial charge < -0.3 is 9.64 Å². The van der Waals surface area contributed by atoms with Gasteiger partial charge >= 0.3 is 0 Å². The first-order chi connectivity index (χ1) is 10.1. The number of hydrogen-bond donors (Lipinski definition) is 0. The monoisotopic (exact) mass is 297 g/mol. The molecule has 1 aliphatic carbocycles. The van der Waals surface area contributed by atoms with Crippen LogP contribution in [0.25, 0.3) is 0 Å². The molecule has 0 N–H and O–H groups in total. The summed E-state index contributed by atoms with van der Waals surface area (Å²) < 4.78 is 6.11. The fraction of sp³-hybridized carbons (Fsp3) is 1.00. The lowest BCUT2D eigenvalue weighted by Crippen LogP contribution is -2.41. The summed E-state index contributed by atoms with van der Waals surface area (Å²) in [5.74, 6) is 1.92. The molecule has 0 aromatic rings. The van der Waals surface area contributed by atoms with Gasteiger partial charge in [0.1, 0.15) is 0 Å². The lowest BCUT2D eigenvalue weighted by Gasteiger charge is -2.34. The minimum Gasteiger partial charge on any atom is -0.378 e. The first-order valence-corrected chi connectivity index (χ1v) is 9.50. The van der Waals surface area contributed by atoms with Gasteiger partial charge in [-0.3, -0.25) is 0 Å². The Balaban J connectivity index is 0.00000106. The Morgan fingerprint density at radius 1 is 0.952 bits per heavy atom. The minimum atomic E-state index is 0.539. The van der Waals surface area contributed by atoms with E-state index in [-0.39, 0.29) is 0 Å². The Kier molecular flexibility index (Phi) is 9.59. The maximum absolute atomic E-state index is 6.11. The highest BCUT2D eigenvalue weighted by Gasteiger charge is 2.22. The Bertz CT molecular complexity index is 238. The molecule has 2 rings (SSSR count). The van der Waals surface area contributed by atoms with Crippen molar-refractivity contribution in [1.82, 2.24) is 4.90 Å². The van der Waals surface area contributed by atoms with E-state index in [1.54, 1.807) is 0 Å². The molecule has 0 amide bonds. The molecule has 2 nitrogen and oxygen atoms in total. The maximum atomic E-state index is 6.11. The van der Waals surface area contributed by atoms with Crippen molar-refractivity contribution in [2.45, 2.75) is 91.7 Å². The van der Waals surface area contributed by atoms with E-state index in [1.165, 1.54) is 58.0 Å². The minimum absolute atomic E-state index is 0.539. The highest BCUT2D eigenvalue weighted by molar-refractivity contribution is 4.75. The van der Waals surface area contributed by atoms with Crippen LogP contribution in [0, 0.1) is 11.8 Å². The third kappa shape index (κ3) is 7.15. The molecule has 0 bridgehead atoms. The average molecular weight is 298 g/mol. The average Bonchev–Trinajstić information content (AvgIpc) is 2.52. The Labute approximate surface area is 133 Å². The van der Waals surface area contributed by atoms with Gasteiger partial charge in [0.05, 0.1) is 6.10 Å². The topological polar surface area (TPSA) is 12.5 Å². The zero-order valence-corrected chi connectivity index (χ0v) is 15.2. The fourth-order valence-electron chi connectivity index (χ4n) is 3.58. The SMILES string of the molecule is CC.CC1CCC(CCOC2CCN(C(C)C)CC2)CC1. The number of nitrogens with zero attached hydrogens (tertiary/aromatic N) is 1. The molecule has 2 heteroatoms. The van der Waals surface area contributed by atoms with E-state index >= 15 is 0 Å². The molecular formula is C19H39NO. The second-order valence-electron chi connectivity index (χ2n) is 7.11. The van der Waals surface area contributed by atoms with E-state index in [9.17, 15) is 0 Å². The van der Waals surface area contributed by atoms with Crippen molar-refractivity contribution in [3.05, 3.63) is 0 Å². The van der Waals surface area contributed by atoms with Gasteiger partial charge in [0, 0.05) is 25.7 Å². The van der Waals surface area contributed by atoms with Crippen molar-refractivity contribution >= 4 is 0 Å². The molecule has 1 heterocycles. The van der Waals surface area contributed by atoms with Gasteiger partial charge in [-0.2, -0.15) is 0 Å². The summed E-state index contributed by atoms with van der Waals surface area (Å²) in [6.45, 7) is 14.4. The number of piperidine rings is 1. The van der Waals surface area contributed by atoms with Crippen LogP contribution in [0.5, 0.6) is 0 Å². The van der Waals surface area contributed by atoms with Crippen LogP contribution in [0.4, 0.5) is 0 Å². The van der Waals surface area contributed by atoms with Crippen LogP contribution in [-0.2, 0) is 4.74 Å². The van der Waals surface area contributed by atoms with Crippen LogP contribution in [0.3, 0.4) is 0 Å². The van der Waals surface area contributed by atoms with Crippen LogP contribution in [0.2, 0.25) is 0 Å². The standard InChI is InChI=1S/C17H33NO.C2H6/c1-14(2)18-11-8-17(9-12-18)19-13-10-16-6-4-15(3)5-7-16;1-2/h14-17H,4-13H2,1-3H3;1-2H3. The molecule has 1 aliphatic heterocycles. The van der Waals surface area contributed by atoms with Crippen LogP contribution < -0.4 is 0 Å². The van der Waals surface area contributed by atoms with Crippen molar-refractivity contribution in [3.63, 3.8) is 0 Å². The molecule has 2 fully saturated rings. The first kappa shape index (κ1) is 19.0. The van der Waals surface area contributed by atoms with Gasteiger partial charge in [0.25, 0.3) is 0 Å². The van der Waals surface area contributed by atoms with Crippen molar-refractivity contribution in [1.29, 1.82) is 0 Å². The summed E-state index contributed by atoms with van der Waals surface area (Å²) in [5, 5.41) is 0. The molecule has 0 spiro atoms. The van der Waals surface area contributed by atoms with Crippen LogP contribution in [-0.4, -0.2) is 36.7 Å². The van der Waals surface area contributed by atoms with Gasteiger partial charge in [0.2, 0.25) is 0 Å². The molecule has 0 unspecified atom stereocenters. The number of hydrogen-bond acceptors (Lipinski definition) is 2. The second-order valence-corrected chi connectivity index (χ2v) is 7.11. The summed E-state index contributed by atoms with van der Waals surface area (Å²) in [4.78, 5) is 2.57. The smallest absolute Gasteiger partial charge is 0.0599 e. The maximum Gasteiger partial charge on any atom is 0.0599 e. The molecule has 0 atom stereocenters. The molecule has 0 aromatic heterocycles. The molecule has 1 saturated heterocycles. The third-order valence-corrected chi connectivity index (χ3v) is 5.22. The zero-order valence-electron chi connectivity index (χ0n) is 15.2. The van der Waals surface area contributed by atoms with E-state index in [0.29, 0.717) is 12.1 Å². The summed E-state index contributed by atoms with van der Waals surface area (Å²) in [7, 11) is 0. The number of ether oxygens (including phenoxy) is 1. The summed E-state index contributed by atoms with van der Waals surface area (Å²) in [6, 6.07) is 0.699. The first-order valence-electron chi connectivity index (χ1n) is 9.50. The highest BCUT2D eigenvalue weighted by Crippen LogP contribution is 2.30. The fourth-order valence-corrected chi connectivity index (χ4v) is 3.58. The molecule has 21 heavy (non-hydrogen) atoms. The summed E-state index contributed by atoms with van der Waals surface area (Å²) in [6.07, 6.45) is 10.1. The second kappa shape index (κ2) is 10.6. The molecule has 0 radical (unpaired) electrons. The van der Waals surface area contributed by atoms with Gasteiger partial charge in [-0.25, -0.2) is 0 Å². The van der Waals surface area contributed by atoms with Crippen LogP contribution >= 0.6 is 0 Å². The Morgan fingerprint density at radius 3 is 2.05 bits per heavy atom. The van der Waals surface area contributed by atoms with Crippen molar-refractivity contribution in [3.8, 4) is 0 Å². The van der Waals surface area contributed by atoms with Crippen LogP contribution in [0.15, 0.2) is 0 Å². The van der Waals surface area contributed by atoms with Gasteiger partial charge in [-0.05, 0) is 44.9 Å². The molecule has 0 aromatic carbocycles. The number of likely N-dealkylation sites (tertiary alicyclic amines) is 1. The zero-order chi connectivity index (χ0) is 15.7. The summed E-state index contributed by atoms with van der Waals surface area (Å²) in [5.41, 5.74) is 0. The molecule has 126 valence electrons. The predicted molar refractivity (Wildman–Crippen MR) is 92.8 cm³/mol. The van der Waals surface area contributed by atoms with E-state index in [4.69, 9.17) is 4.74 Å². The Morgan fingerprint density at radius 2 is 1.52 bits per heavy atom. The normalized spacial score (nSPS) is 28.3. The highest BCUT2D eigenvalue weighted by atomic mass is 16.5. The van der Waals surface area contributed by atoms with Crippen molar-refractivity contribution in [2.24, 2.45) is 11.8 Å². The van der Waals surface area contributed by atoms with Crippen molar-refractivity contribution < 1.29 is 4.74 Å². The quantitative estimate of drug-likeness (QED) is 0.698. The van der Waals surface area contributed by atoms with Crippen LogP contribution in [0.1, 0.15) is 79.6 Å². The summed E-state index contributed by atoms with van der Waals surface area (Å²) >= 11 is 0. The molecule has 2 aliphatic rings. The molecular weight excluding hydrogens is 258 g/mol. The van der Waals surface area contributed by atoms with E-state index in [1.807, 2.05) is 13.8 Å². The van der Waals surface area contributed by atoms with Gasteiger partial charge in [0.15, 0.2) is 0 Å². The van der Waals surface area contributed by atoms with E-state index in [2.05, 4.69) is 25.7 Å². The number of rotatable bonds is 5. The lowest BCUT2D eigenvalue weighted by atomic mass is 9.82. The van der Waals surface area contributed by atoms with E-state index < -0.39 is 0 Å². The van der Waals surface area contributed by atoms with Crippen molar-refractivity contribution in [2.75, 3.05) is 19.7 Å². The molecule has 1 saturated carbocycles. The lowest BCUT2D eigenvalue weighted by molar-refractivity contribution is -0.00567.